The maximum Gasteiger partial charge on any atom is 0.233 e. The molecule has 2 heterocycles. The minimum atomic E-state index is -0.435. The quantitative estimate of drug-likeness (QED) is 0.871. The normalized spacial score (nSPS) is 19.1. The van der Waals surface area contributed by atoms with Crippen molar-refractivity contribution in [2.45, 2.75) is 24.4 Å². The van der Waals surface area contributed by atoms with E-state index in [0.717, 1.165) is 24.2 Å². The molecule has 5 heteroatoms. The molecule has 0 radical (unpaired) electrons. The average Bonchev–Trinajstić information content (AvgIpc) is 3.33. The minimum Gasteiger partial charge on any atom is -0.487 e. The molecule has 1 aliphatic heterocycles. The fraction of sp³-hybridized carbons (Fsp3) is 0.333. The second-order valence-corrected chi connectivity index (χ2v) is 6.22. The predicted octanol–water partition coefficient (Wildman–Crippen LogP) is 2.54. The Bertz CT molecular complexity index is 708. The van der Waals surface area contributed by atoms with E-state index in [1.54, 1.807) is 24.5 Å². The number of hydrogen-bond donors (Lipinski definition) is 0. The van der Waals surface area contributed by atoms with Crippen molar-refractivity contribution < 1.29 is 13.9 Å². The monoisotopic (exact) mass is 312 g/mol. The highest BCUT2D eigenvalue weighted by Crippen LogP contribution is 2.50. The molecule has 2 aliphatic rings. The highest BCUT2D eigenvalue weighted by atomic mass is 19.1. The number of benzene rings is 1. The lowest BCUT2D eigenvalue weighted by Gasteiger charge is -2.41. The van der Waals surface area contributed by atoms with E-state index in [-0.39, 0.29) is 17.8 Å². The van der Waals surface area contributed by atoms with Crippen molar-refractivity contribution in [3.05, 3.63) is 60.2 Å². The molecule has 2 fully saturated rings. The third kappa shape index (κ3) is 2.56. The summed E-state index contributed by atoms with van der Waals surface area (Å²) in [6.45, 7) is 1.20. The number of hydrogen-bond acceptors (Lipinski definition) is 3. The molecule has 1 aliphatic carbocycles. The van der Waals surface area contributed by atoms with E-state index in [4.69, 9.17) is 4.74 Å². The van der Waals surface area contributed by atoms with Gasteiger partial charge >= 0.3 is 0 Å². The summed E-state index contributed by atoms with van der Waals surface area (Å²) >= 11 is 0. The van der Waals surface area contributed by atoms with Gasteiger partial charge in [-0.3, -0.25) is 9.78 Å². The molecule has 1 amide bonds. The zero-order valence-electron chi connectivity index (χ0n) is 12.6. The third-order valence-corrected chi connectivity index (χ3v) is 4.64. The highest BCUT2D eigenvalue weighted by Gasteiger charge is 2.54. The van der Waals surface area contributed by atoms with Crippen molar-refractivity contribution in [1.82, 2.24) is 9.88 Å². The van der Waals surface area contributed by atoms with Crippen molar-refractivity contribution in [3.63, 3.8) is 0 Å². The molecule has 2 aromatic rings. The number of carbonyl (C=O) groups excluding carboxylic acids is 1. The van der Waals surface area contributed by atoms with Crippen molar-refractivity contribution in [3.8, 4) is 5.75 Å². The van der Waals surface area contributed by atoms with Crippen molar-refractivity contribution in [2.75, 3.05) is 13.1 Å². The van der Waals surface area contributed by atoms with Gasteiger partial charge in [-0.25, -0.2) is 4.39 Å². The lowest BCUT2D eigenvalue weighted by atomic mass is 9.92. The first kappa shape index (κ1) is 14.2. The lowest BCUT2D eigenvalue weighted by Crippen LogP contribution is -2.58. The van der Waals surface area contributed by atoms with Crippen LogP contribution in [-0.2, 0) is 10.2 Å². The Balaban J connectivity index is 1.39. The maximum atomic E-state index is 13.1. The van der Waals surface area contributed by atoms with Crippen LogP contribution in [0, 0.1) is 5.82 Å². The predicted molar refractivity (Wildman–Crippen MR) is 82.5 cm³/mol. The van der Waals surface area contributed by atoms with Gasteiger partial charge in [0.2, 0.25) is 5.91 Å². The Morgan fingerprint density at radius 1 is 1.13 bits per heavy atom. The molecule has 1 saturated heterocycles. The summed E-state index contributed by atoms with van der Waals surface area (Å²) in [7, 11) is 0. The summed E-state index contributed by atoms with van der Waals surface area (Å²) in [5.74, 6) is 0.641. The Hall–Kier alpha value is -2.43. The Morgan fingerprint density at radius 2 is 1.78 bits per heavy atom. The van der Waals surface area contributed by atoms with Crippen LogP contribution in [0.25, 0.3) is 0 Å². The second kappa shape index (κ2) is 5.33. The van der Waals surface area contributed by atoms with Gasteiger partial charge in [0, 0.05) is 12.4 Å². The van der Waals surface area contributed by atoms with Crippen LogP contribution in [0.15, 0.2) is 48.8 Å². The van der Waals surface area contributed by atoms with Gasteiger partial charge in [0.15, 0.2) is 0 Å². The van der Waals surface area contributed by atoms with Gasteiger partial charge in [0.25, 0.3) is 0 Å². The van der Waals surface area contributed by atoms with E-state index in [2.05, 4.69) is 4.98 Å². The average molecular weight is 312 g/mol. The summed E-state index contributed by atoms with van der Waals surface area (Å²) in [5, 5.41) is 0. The molecule has 4 nitrogen and oxygen atoms in total. The van der Waals surface area contributed by atoms with Crippen molar-refractivity contribution >= 4 is 5.91 Å². The number of aromatic nitrogens is 1. The number of halogens is 1. The van der Waals surface area contributed by atoms with E-state index in [1.165, 1.54) is 12.1 Å². The summed E-state index contributed by atoms with van der Waals surface area (Å²) in [6.07, 6.45) is 5.08. The Morgan fingerprint density at radius 3 is 2.39 bits per heavy atom. The molecule has 1 saturated carbocycles. The summed E-state index contributed by atoms with van der Waals surface area (Å²) < 4.78 is 18.9. The first-order chi connectivity index (χ1) is 11.2. The molecule has 0 atom stereocenters. The highest BCUT2D eigenvalue weighted by molar-refractivity contribution is 5.92. The van der Waals surface area contributed by atoms with Gasteiger partial charge in [-0.05, 0) is 42.7 Å². The van der Waals surface area contributed by atoms with Crippen LogP contribution in [-0.4, -0.2) is 35.0 Å². The zero-order valence-corrected chi connectivity index (χ0v) is 12.6. The van der Waals surface area contributed by atoms with E-state index in [9.17, 15) is 9.18 Å². The van der Waals surface area contributed by atoms with Gasteiger partial charge in [-0.1, -0.05) is 12.1 Å². The number of ether oxygens (including phenoxy) is 1. The number of carbonyl (C=O) groups is 1. The Kier molecular flexibility index (Phi) is 3.29. The molecule has 0 bridgehead atoms. The van der Waals surface area contributed by atoms with Gasteiger partial charge in [0.1, 0.15) is 17.7 Å². The van der Waals surface area contributed by atoms with Gasteiger partial charge in [0.05, 0.1) is 18.5 Å². The summed E-state index contributed by atoms with van der Waals surface area (Å²) in [5.41, 5.74) is 0.484. The van der Waals surface area contributed by atoms with Crippen LogP contribution < -0.4 is 4.74 Å². The van der Waals surface area contributed by atoms with Crippen LogP contribution in [0.4, 0.5) is 4.39 Å². The molecular formula is C18H17FN2O2. The lowest BCUT2D eigenvalue weighted by molar-refractivity contribution is -0.142. The second-order valence-electron chi connectivity index (χ2n) is 6.22. The largest absolute Gasteiger partial charge is 0.487 e. The van der Waals surface area contributed by atoms with Crippen LogP contribution in [0.3, 0.4) is 0 Å². The molecule has 1 aromatic carbocycles. The van der Waals surface area contributed by atoms with Crippen LogP contribution in [0.1, 0.15) is 18.4 Å². The fourth-order valence-electron chi connectivity index (χ4n) is 3.11. The van der Waals surface area contributed by atoms with Gasteiger partial charge < -0.3 is 9.64 Å². The Labute approximate surface area is 133 Å². The number of pyridine rings is 1. The standard InChI is InChI=1S/C18H17FN2O2/c19-14-3-1-13(2-4-14)18(7-8-18)17(22)21-11-16(12-21)23-15-5-9-20-10-6-15/h1-6,9-10,16H,7-8,11-12H2. The molecule has 1 aromatic heterocycles. The number of nitrogens with zero attached hydrogens (tertiary/aromatic N) is 2. The first-order valence-corrected chi connectivity index (χ1v) is 7.79. The van der Waals surface area contributed by atoms with E-state index in [0.29, 0.717) is 13.1 Å². The van der Waals surface area contributed by atoms with Gasteiger partial charge in [-0.2, -0.15) is 0 Å². The van der Waals surface area contributed by atoms with Crippen LogP contribution >= 0.6 is 0 Å². The van der Waals surface area contributed by atoms with Crippen LogP contribution in [0.5, 0.6) is 5.75 Å². The molecule has 0 N–H and O–H groups in total. The number of likely N-dealkylation sites (tertiary alicyclic amines) is 1. The van der Waals surface area contributed by atoms with Crippen molar-refractivity contribution in [1.29, 1.82) is 0 Å². The smallest absolute Gasteiger partial charge is 0.233 e. The first-order valence-electron chi connectivity index (χ1n) is 7.79. The fourth-order valence-corrected chi connectivity index (χ4v) is 3.11. The summed E-state index contributed by atoms with van der Waals surface area (Å²) in [4.78, 5) is 18.5. The number of rotatable bonds is 4. The van der Waals surface area contributed by atoms with E-state index >= 15 is 0 Å². The van der Waals surface area contributed by atoms with E-state index < -0.39 is 5.41 Å². The van der Waals surface area contributed by atoms with Crippen molar-refractivity contribution in [2.24, 2.45) is 0 Å². The molecular weight excluding hydrogens is 295 g/mol. The molecule has 0 unspecified atom stereocenters. The minimum absolute atomic E-state index is 0.0327. The third-order valence-electron chi connectivity index (χ3n) is 4.64. The molecule has 23 heavy (non-hydrogen) atoms. The topological polar surface area (TPSA) is 42.4 Å². The van der Waals surface area contributed by atoms with E-state index in [1.807, 2.05) is 17.0 Å². The molecule has 4 rings (SSSR count). The summed E-state index contributed by atoms with van der Waals surface area (Å²) in [6, 6.07) is 9.93. The number of amides is 1. The van der Waals surface area contributed by atoms with Crippen LogP contribution in [0.2, 0.25) is 0 Å². The maximum absolute atomic E-state index is 13.1. The molecule has 0 spiro atoms. The van der Waals surface area contributed by atoms with Gasteiger partial charge in [-0.15, -0.1) is 0 Å². The SMILES string of the molecule is O=C(N1CC(Oc2ccncc2)C1)C1(c2ccc(F)cc2)CC1. The molecule has 118 valence electrons. The zero-order chi connectivity index (χ0) is 15.9.